The summed E-state index contributed by atoms with van der Waals surface area (Å²) in [7, 11) is 0. The van der Waals surface area contributed by atoms with Crippen molar-refractivity contribution in [2.45, 2.75) is 6.54 Å². The Morgan fingerprint density at radius 1 is 1.05 bits per heavy atom. The number of anilines is 1. The van der Waals surface area contributed by atoms with Gasteiger partial charge in [-0.1, -0.05) is 15.9 Å². The number of fused-ring (bicyclic) bond motifs is 1. The Morgan fingerprint density at radius 3 is 2.60 bits per heavy atom. The first kappa shape index (κ1) is 13.5. The minimum atomic E-state index is -0.502. The lowest BCUT2D eigenvalue weighted by atomic mass is 10.1. The molecule has 20 heavy (non-hydrogen) atoms. The Labute approximate surface area is 132 Å². The number of hydrogen-bond acceptors (Lipinski definition) is 3. The van der Waals surface area contributed by atoms with E-state index in [-0.39, 0.29) is 0 Å². The first-order valence-electron chi connectivity index (χ1n) is 5.81. The van der Waals surface area contributed by atoms with Crippen molar-refractivity contribution in [3.05, 3.63) is 56.7 Å². The molecule has 2 heterocycles. The fourth-order valence-electron chi connectivity index (χ4n) is 2.15. The molecule has 1 aliphatic heterocycles. The summed E-state index contributed by atoms with van der Waals surface area (Å²) in [5, 5.41) is 0. The highest BCUT2D eigenvalue weighted by atomic mass is 79.9. The van der Waals surface area contributed by atoms with Gasteiger partial charge in [-0.2, -0.15) is 0 Å². The second-order valence-electron chi connectivity index (χ2n) is 4.39. The van der Waals surface area contributed by atoms with E-state index in [9.17, 15) is 9.59 Å². The van der Waals surface area contributed by atoms with Crippen LogP contribution in [0, 0.1) is 0 Å². The van der Waals surface area contributed by atoms with E-state index in [1.807, 2.05) is 12.1 Å². The molecule has 1 aromatic heterocycles. The van der Waals surface area contributed by atoms with E-state index in [4.69, 9.17) is 0 Å². The molecule has 2 aromatic rings. The number of rotatable bonds is 2. The number of amides is 1. The average molecular weight is 396 g/mol. The van der Waals surface area contributed by atoms with Crippen LogP contribution in [-0.2, 0) is 11.3 Å². The van der Waals surface area contributed by atoms with Gasteiger partial charge in [0, 0.05) is 21.3 Å². The van der Waals surface area contributed by atoms with Gasteiger partial charge in [0.15, 0.2) is 0 Å². The maximum Gasteiger partial charge on any atom is 0.299 e. The zero-order valence-electron chi connectivity index (χ0n) is 10.1. The molecule has 0 aliphatic carbocycles. The van der Waals surface area contributed by atoms with Gasteiger partial charge in [0.1, 0.15) is 0 Å². The molecule has 0 saturated carbocycles. The summed E-state index contributed by atoms with van der Waals surface area (Å²) in [4.78, 5) is 29.6. The number of ketones is 1. The molecule has 3 rings (SSSR count). The van der Waals surface area contributed by atoms with Crippen molar-refractivity contribution < 1.29 is 9.59 Å². The molecule has 100 valence electrons. The van der Waals surface area contributed by atoms with E-state index >= 15 is 0 Å². The number of hydrogen-bond donors (Lipinski definition) is 0. The Bertz CT molecular complexity index is 731. The third-order valence-corrected chi connectivity index (χ3v) is 3.96. The lowest BCUT2D eigenvalue weighted by Crippen LogP contribution is -2.29. The maximum atomic E-state index is 12.1. The zero-order valence-corrected chi connectivity index (χ0v) is 13.3. The van der Waals surface area contributed by atoms with E-state index in [2.05, 4.69) is 36.8 Å². The molecule has 1 aromatic carbocycles. The SMILES string of the molecule is O=C1C(=O)N(Cc2cncc(Br)c2)c2ccc(Br)cc21. The second kappa shape index (κ2) is 5.10. The molecule has 0 saturated heterocycles. The number of halogens is 2. The summed E-state index contributed by atoms with van der Waals surface area (Å²) in [5.41, 5.74) is 1.94. The lowest BCUT2D eigenvalue weighted by Gasteiger charge is -2.16. The Hall–Kier alpha value is -1.53. The highest BCUT2D eigenvalue weighted by molar-refractivity contribution is 9.10. The summed E-state index contributed by atoms with van der Waals surface area (Å²) < 4.78 is 1.62. The van der Waals surface area contributed by atoms with Crippen molar-refractivity contribution >= 4 is 49.2 Å². The van der Waals surface area contributed by atoms with E-state index in [0.29, 0.717) is 17.8 Å². The van der Waals surface area contributed by atoms with Gasteiger partial charge < -0.3 is 4.90 Å². The van der Waals surface area contributed by atoms with Crippen LogP contribution < -0.4 is 4.90 Å². The fourth-order valence-corrected chi connectivity index (χ4v) is 2.93. The maximum absolute atomic E-state index is 12.1. The van der Waals surface area contributed by atoms with Crippen LogP contribution in [0.5, 0.6) is 0 Å². The molecule has 0 atom stereocenters. The van der Waals surface area contributed by atoms with Gasteiger partial charge in [0.05, 0.1) is 17.8 Å². The first-order chi connectivity index (χ1) is 9.56. The van der Waals surface area contributed by atoms with Gasteiger partial charge in [-0.3, -0.25) is 14.6 Å². The van der Waals surface area contributed by atoms with Gasteiger partial charge in [0.2, 0.25) is 0 Å². The fraction of sp³-hybridized carbons (Fsp3) is 0.0714. The van der Waals surface area contributed by atoms with Crippen LogP contribution >= 0.6 is 31.9 Å². The lowest BCUT2D eigenvalue weighted by molar-refractivity contribution is -0.114. The normalized spacial score (nSPS) is 13.8. The largest absolute Gasteiger partial charge is 0.300 e. The molecule has 0 spiro atoms. The Kier molecular flexibility index (Phi) is 3.43. The summed E-state index contributed by atoms with van der Waals surface area (Å²) in [6.45, 7) is 0.325. The first-order valence-corrected chi connectivity index (χ1v) is 7.40. The average Bonchev–Trinajstić information content (AvgIpc) is 2.64. The number of carbonyl (C=O) groups excluding carboxylic acids is 2. The molecule has 0 unspecified atom stereocenters. The van der Waals surface area contributed by atoms with Crippen molar-refractivity contribution in [2.24, 2.45) is 0 Å². The van der Waals surface area contributed by atoms with Crippen molar-refractivity contribution in [3.8, 4) is 0 Å². The van der Waals surface area contributed by atoms with Crippen LogP contribution in [0.15, 0.2) is 45.6 Å². The zero-order chi connectivity index (χ0) is 14.3. The van der Waals surface area contributed by atoms with Crippen molar-refractivity contribution in [1.29, 1.82) is 0 Å². The molecular formula is C14H8Br2N2O2. The number of Topliss-reactive ketones (excluding diaryl/α,β-unsaturated/α-hetero) is 1. The van der Waals surface area contributed by atoms with E-state index in [1.54, 1.807) is 24.5 Å². The van der Waals surface area contributed by atoms with Crippen LogP contribution in [0.3, 0.4) is 0 Å². The van der Waals surface area contributed by atoms with Crippen molar-refractivity contribution in [1.82, 2.24) is 4.98 Å². The standard InChI is InChI=1S/C14H8Br2N2O2/c15-9-1-2-12-11(4-9)13(19)14(20)18(12)7-8-3-10(16)6-17-5-8/h1-6H,7H2. The highest BCUT2D eigenvalue weighted by Gasteiger charge is 2.35. The molecule has 0 N–H and O–H groups in total. The van der Waals surface area contributed by atoms with Crippen LogP contribution in [0.25, 0.3) is 0 Å². The third kappa shape index (κ3) is 2.29. The third-order valence-electron chi connectivity index (χ3n) is 3.04. The quantitative estimate of drug-likeness (QED) is 0.732. The molecule has 0 fully saturated rings. The van der Waals surface area contributed by atoms with Gasteiger partial charge in [-0.15, -0.1) is 0 Å². The predicted molar refractivity (Wildman–Crippen MR) is 81.6 cm³/mol. The molecule has 1 amide bonds. The van der Waals surface area contributed by atoms with Crippen LogP contribution in [0.2, 0.25) is 0 Å². The molecule has 0 radical (unpaired) electrons. The van der Waals surface area contributed by atoms with E-state index in [1.165, 1.54) is 4.90 Å². The van der Waals surface area contributed by atoms with Crippen LogP contribution in [-0.4, -0.2) is 16.7 Å². The number of pyridine rings is 1. The molecule has 0 bridgehead atoms. The number of nitrogens with zero attached hydrogens (tertiary/aromatic N) is 2. The number of aromatic nitrogens is 1. The minimum absolute atomic E-state index is 0.325. The highest BCUT2D eigenvalue weighted by Crippen LogP contribution is 2.32. The van der Waals surface area contributed by atoms with E-state index in [0.717, 1.165) is 14.5 Å². The number of carbonyl (C=O) groups is 2. The minimum Gasteiger partial charge on any atom is -0.300 e. The summed E-state index contributed by atoms with van der Waals surface area (Å²) in [5.74, 6) is -0.970. The Morgan fingerprint density at radius 2 is 1.85 bits per heavy atom. The number of benzene rings is 1. The monoisotopic (exact) mass is 394 g/mol. The van der Waals surface area contributed by atoms with Gasteiger partial charge in [-0.25, -0.2) is 0 Å². The summed E-state index contributed by atoms with van der Waals surface area (Å²) in [6, 6.07) is 7.14. The predicted octanol–water partition coefficient (Wildman–Crippen LogP) is 3.34. The summed E-state index contributed by atoms with van der Waals surface area (Å²) in [6.07, 6.45) is 3.35. The van der Waals surface area contributed by atoms with E-state index < -0.39 is 11.7 Å². The van der Waals surface area contributed by atoms with Gasteiger partial charge >= 0.3 is 0 Å². The molecule has 1 aliphatic rings. The molecule has 6 heteroatoms. The van der Waals surface area contributed by atoms with Crippen LogP contribution in [0.4, 0.5) is 5.69 Å². The van der Waals surface area contributed by atoms with Gasteiger partial charge in [0.25, 0.3) is 11.7 Å². The summed E-state index contributed by atoms with van der Waals surface area (Å²) >= 11 is 6.65. The Balaban J connectivity index is 1.99. The molecule has 4 nitrogen and oxygen atoms in total. The van der Waals surface area contributed by atoms with Crippen molar-refractivity contribution in [2.75, 3.05) is 4.90 Å². The molecular weight excluding hydrogens is 388 g/mol. The van der Waals surface area contributed by atoms with Gasteiger partial charge in [-0.05, 0) is 45.8 Å². The van der Waals surface area contributed by atoms with Crippen LogP contribution in [0.1, 0.15) is 15.9 Å². The van der Waals surface area contributed by atoms with Crippen molar-refractivity contribution in [3.63, 3.8) is 0 Å². The smallest absolute Gasteiger partial charge is 0.299 e. The second-order valence-corrected chi connectivity index (χ2v) is 6.22. The topological polar surface area (TPSA) is 50.3 Å².